The second kappa shape index (κ2) is 8.72. The Kier molecular flexibility index (Phi) is 6.04. The van der Waals surface area contributed by atoms with E-state index in [1.165, 1.54) is 30.7 Å². The van der Waals surface area contributed by atoms with E-state index in [-0.39, 0.29) is 5.91 Å². The number of rotatable bonds is 5. The van der Waals surface area contributed by atoms with Gasteiger partial charge in [-0.1, -0.05) is 19.9 Å². The Morgan fingerprint density at radius 3 is 2.60 bits per heavy atom. The van der Waals surface area contributed by atoms with E-state index in [0.29, 0.717) is 23.0 Å². The Bertz CT molecular complexity index is 1050. The maximum absolute atomic E-state index is 12.7. The van der Waals surface area contributed by atoms with Gasteiger partial charge >= 0.3 is 0 Å². The monoisotopic (exact) mass is 423 g/mol. The lowest BCUT2D eigenvalue weighted by molar-refractivity contribution is 0.102. The normalized spacial score (nSPS) is 19.2. The highest BCUT2D eigenvalue weighted by molar-refractivity contribution is 7.18. The van der Waals surface area contributed by atoms with Gasteiger partial charge in [0.05, 0.1) is 28.0 Å². The molecule has 0 saturated heterocycles. The van der Waals surface area contributed by atoms with E-state index >= 15 is 0 Å². The van der Waals surface area contributed by atoms with Crippen LogP contribution in [0.2, 0.25) is 0 Å². The number of amides is 1. The zero-order valence-electron chi connectivity index (χ0n) is 18.1. The molecule has 2 heterocycles. The van der Waals surface area contributed by atoms with Gasteiger partial charge in [-0.05, 0) is 62.6 Å². The largest absolute Gasteiger partial charge is 0.494 e. The fourth-order valence-corrected chi connectivity index (χ4v) is 5.46. The first kappa shape index (κ1) is 20.8. The quantitative estimate of drug-likeness (QED) is 0.531. The van der Waals surface area contributed by atoms with Crippen LogP contribution >= 0.6 is 11.3 Å². The molecule has 158 valence electrons. The molecule has 2 aromatic heterocycles. The van der Waals surface area contributed by atoms with Crippen molar-refractivity contribution >= 4 is 33.1 Å². The first-order chi connectivity index (χ1) is 14.4. The van der Waals surface area contributed by atoms with Crippen LogP contribution in [0.1, 0.15) is 66.6 Å². The highest BCUT2D eigenvalue weighted by Crippen LogP contribution is 2.42. The van der Waals surface area contributed by atoms with Crippen LogP contribution in [0.25, 0.3) is 10.2 Å². The molecule has 1 saturated carbocycles. The number of aromatic nitrogens is 2. The number of fused-ring (bicyclic) bond motifs is 1. The zero-order chi connectivity index (χ0) is 21.3. The smallest absolute Gasteiger partial charge is 0.274 e. The molecule has 0 radical (unpaired) electrons. The number of aryl methyl sites for hydroxylation is 1. The minimum Gasteiger partial charge on any atom is -0.494 e. The van der Waals surface area contributed by atoms with Crippen LogP contribution in [0.5, 0.6) is 5.75 Å². The Balaban J connectivity index is 1.57. The summed E-state index contributed by atoms with van der Waals surface area (Å²) in [6.07, 6.45) is 4.99. The summed E-state index contributed by atoms with van der Waals surface area (Å²) in [6.45, 7) is 6.53. The van der Waals surface area contributed by atoms with Gasteiger partial charge in [0.2, 0.25) is 0 Å². The van der Waals surface area contributed by atoms with E-state index in [4.69, 9.17) is 9.72 Å². The maximum atomic E-state index is 12.7. The summed E-state index contributed by atoms with van der Waals surface area (Å²) in [4.78, 5) is 21.9. The van der Waals surface area contributed by atoms with Crippen LogP contribution < -0.4 is 10.1 Å². The number of anilines is 1. The number of thiazole rings is 1. The lowest BCUT2D eigenvalue weighted by atomic mass is 9.77. The summed E-state index contributed by atoms with van der Waals surface area (Å²) < 4.78 is 6.61. The second-order valence-corrected chi connectivity index (χ2v) is 9.61. The number of ether oxygens (including phenoxy) is 1. The summed E-state index contributed by atoms with van der Waals surface area (Å²) >= 11 is 1.74. The van der Waals surface area contributed by atoms with E-state index < -0.39 is 0 Å². The third kappa shape index (κ3) is 4.33. The zero-order valence-corrected chi connectivity index (χ0v) is 18.9. The first-order valence-electron chi connectivity index (χ1n) is 10.7. The van der Waals surface area contributed by atoms with Crippen molar-refractivity contribution in [3.8, 4) is 5.75 Å². The van der Waals surface area contributed by atoms with Gasteiger partial charge in [-0.25, -0.2) is 9.97 Å². The van der Waals surface area contributed by atoms with E-state index in [9.17, 15) is 4.79 Å². The molecule has 1 N–H and O–H groups in total. The van der Waals surface area contributed by atoms with Gasteiger partial charge < -0.3 is 10.1 Å². The fraction of sp³-hybridized carbons (Fsp3) is 0.458. The number of benzene rings is 1. The number of pyridine rings is 1. The summed E-state index contributed by atoms with van der Waals surface area (Å²) in [7, 11) is 1.61. The third-order valence-corrected chi connectivity index (χ3v) is 7.34. The summed E-state index contributed by atoms with van der Waals surface area (Å²) in [6, 6.07) is 9.32. The van der Waals surface area contributed by atoms with E-state index in [1.54, 1.807) is 24.5 Å². The predicted molar refractivity (Wildman–Crippen MR) is 123 cm³/mol. The van der Waals surface area contributed by atoms with Crippen molar-refractivity contribution in [2.45, 2.75) is 52.4 Å². The topological polar surface area (TPSA) is 64.1 Å². The Hall–Kier alpha value is -2.47. The van der Waals surface area contributed by atoms with Crippen molar-refractivity contribution in [2.75, 3.05) is 12.4 Å². The fourth-order valence-electron chi connectivity index (χ4n) is 4.30. The second-order valence-electron chi connectivity index (χ2n) is 8.55. The van der Waals surface area contributed by atoms with Crippen LogP contribution in [0, 0.1) is 18.8 Å². The average Bonchev–Trinajstić information content (AvgIpc) is 3.16. The van der Waals surface area contributed by atoms with Gasteiger partial charge in [0.1, 0.15) is 11.4 Å². The van der Waals surface area contributed by atoms with E-state index in [2.05, 4.69) is 24.1 Å². The molecule has 1 fully saturated rings. The SMILES string of the molecule is COc1cc2nc(C3CCC(C(C)C)CC3)sc2cc1NC(=O)c1cccc(C)n1. The minimum absolute atomic E-state index is 0.243. The van der Waals surface area contributed by atoms with Gasteiger partial charge in [0.15, 0.2) is 0 Å². The van der Waals surface area contributed by atoms with Crippen LogP contribution in [-0.4, -0.2) is 23.0 Å². The van der Waals surface area contributed by atoms with Crippen LogP contribution in [0.4, 0.5) is 5.69 Å². The first-order valence-corrected chi connectivity index (χ1v) is 11.5. The summed E-state index contributed by atoms with van der Waals surface area (Å²) in [5.74, 6) is 2.52. The molecule has 3 aromatic rings. The summed E-state index contributed by atoms with van der Waals surface area (Å²) in [5.41, 5.74) is 2.79. The van der Waals surface area contributed by atoms with Crippen molar-refractivity contribution in [2.24, 2.45) is 11.8 Å². The Morgan fingerprint density at radius 1 is 1.17 bits per heavy atom. The number of hydrogen-bond acceptors (Lipinski definition) is 5. The van der Waals surface area contributed by atoms with Crippen molar-refractivity contribution in [3.63, 3.8) is 0 Å². The van der Waals surface area contributed by atoms with Crippen molar-refractivity contribution in [3.05, 3.63) is 46.7 Å². The molecule has 1 aliphatic carbocycles. The standard InChI is InChI=1S/C24H29N3O2S/c1-14(2)16-8-10-17(11-9-16)24-27-20-12-21(29-4)19(13-22(20)30-24)26-23(28)18-7-5-6-15(3)25-18/h5-7,12-14,16-17H,8-11H2,1-4H3,(H,26,28). The molecular weight excluding hydrogens is 394 g/mol. The lowest BCUT2D eigenvalue weighted by Gasteiger charge is -2.29. The molecule has 4 rings (SSSR count). The van der Waals surface area contributed by atoms with Crippen LogP contribution in [0.15, 0.2) is 30.3 Å². The van der Waals surface area contributed by atoms with Gasteiger partial charge in [-0.3, -0.25) is 4.79 Å². The van der Waals surface area contributed by atoms with Gasteiger partial charge in [-0.2, -0.15) is 0 Å². The summed E-state index contributed by atoms with van der Waals surface area (Å²) in [5, 5.41) is 4.16. The number of carbonyl (C=O) groups excluding carboxylic acids is 1. The molecular formula is C24H29N3O2S. The van der Waals surface area contributed by atoms with Gasteiger partial charge in [0, 0.05) is 17.7 Å². The van der Waals surface area contributed by atoms with Crippen LogP contribution in [-0.2, 0) is 0 Å². The minimum atomic E-state index is -0.243. The number of nitrogens with zero attached hydrogens (tertiary/aromatic N) is 2. The number of methoxy groups -OCH3 is 1. The van der Waals surface area contributed by atoms with E-state index in [0.717, 1.165) is 27.7 Å². The molecule has 5 nitrogen and oxygen atoms in total. The highest BCUT2D eigenvalue weighted by Gasteiger charge is 2.26. The van der Waals surface area contributed by atoms with Gasteiger partial charge in [0.25, 0.3) is 5.91 Å². The molecule has 6 heteroatoms. The molecule has 0 atom stereocenters. The van der Waals surface area contributed by atoms with Crippen LogP contribution in [0.3, 0.4) is 0 Å². The highest BCUT2D eigenvalue weighted by atomic mass is 32.1. The van der Waals surface area contributed by atoms with E-state index in [1.807, 2.05) is 31.2 Å². The molecule has 0 spiro atoms. The predicted octanol–water partition coefficient (Wildman–Crippen LogP) is 6.19. The molecule has 0 bridgehead atoms. The van der Waals surface area contributed by atoms with Crippen molar-refractivity contribution < 1.29 is 9.53 Å². The molecule has 0 unspecified atom stereocenters. The molecule has 1 aliphatic rings. The number of nitrogens with one attached hydrogen (secondary N) is 1. The number of carbonyl (C=O) groups is 1. The van der Waals surface area contributed by atoms with Crippen molar-refractivity contribution in [1.29, 1.82) is 0 Å². The molecule has 1 amide bonds. The molecule has 30 heavy (non-hydrogen) atoms. The molecule has 1 aromatic carbocycles. The average molecular weight is 424 g/mol. The maximum Gasteiger partial charge on any atom is 0.274 e. The molecule has 0 aliphatic heterocycles. The Labute approximate surface area is 181 Å². The number of hydrogen-bond donors (Lipinski definition) is 1. The van der Waals surface area contributed by atoms with Crippen molar-refractivity contribution in [1.82, 2.24) is 9.97 Å². The van der Waals surface area contributed by atoms with Gasteiger partial charge in [-0.15, -0.1) is 11.3 Å². The lowest BCUT2D eigenvalue weighted by Crippen LogP contribution is -2.17. The Morgan fingerprint density at radius 2 is 1.93 bits per heavy atom. The third-order valence-electron chi connectivity index (χ3n) is 6.16.